The second kappa shape index (κ2) is 6.86. The topological polar surface area (TPSA) is 0 Å². The van der Waals surface area contributed by atoms with Crippen LogP contribution in [-0.2, 0) is 5.41 Å². The molecular formula is C28H24S. The van der Waals surface area contributed by atoms with E-state index >= 15 is 0 Å². The lowest BCUT2D eigenvalue weighted by molar-refractivity contribution is 0.649. The molecule has 0 bridgehead atoms. The summed E-state index contributed by atoms with van der Waals surface area (Å²) in [6, 6.07) is 33.3. The molecule has 4 aromatic carbocycles. The summed E-state index contributed by atoms with van der Waals surface area (Å²) >= 11 is 1.92. The number of fused-ring (bicyclic) bond motifs is 3. The fourth-order valence-corrected chi connectivity index (χ4v) is 5.79. The van der Waals surface area contributed by atoms with Crippen LogP contribution in [0, 0.1) is 6.92 Å². The first-order valence-electron chi connectivity index (χ1n) is 10.1. The van der Waals surface area contributed by atoms with E-state index in [4.69, 9.17) is 0 Å². The molecule has 0 saturated heterocycles. The second-order valence-electron chi connectivity index (χ2n) is 8.32. The van der Waals surface area contributed by atoms with Crippen molar-refractivity contribution in [3.8, 4) is 11.1 Å². The highest BCUT2D eigenvalue weighted by molar-refractivity contribution is 7.26. The van der Waals surface area contributed by atoms with Gasteiger partial charge < -0.3 is 0 Å². The highest BCUT2D eigenvalue weighted by Crippen LogP contribution is 2.46. The maximum absolute atomic E-state index is 2.36. The molecule has 0 nitrogen and oxygen atoms in total. The summed E-state index contributed by atoms with van der Waals surface area (Å²) in [5.74, 6) is 0. The van der Waals surface area contributed by atoms with Crippen molar-refractivity contribution in [1.29, 1.82) is 0 Å². The minimum atomic E-state index is -0.109. The Kier molecular flexibility index (Phi) is 4.29. The molecule has 0 atom stereocenters. The van der Waals surface area contributed by atoms with Crippen LogP contribution in [0.15, 0.2) is 91.0 Å². The van der Waals surface area contributed by atoms with E-state index in [9.17, 15) is 0 Å². The van der Waals surface area contributed by atoms with Gasteiger partial charge in [0, 0.05) is 25.6 Å². The van der Waals surface area contributed by atoms with Gasteiger partial charge in [-0.1, -0.05) is 104 Å². The third-order valence-corrected chi connectivity index (χ3v) is 7.23. The smallest absolute Gasteiger partial charge is 0.0402 e. The molecule has 5 rings (SSSR count). The van der Waals surface area contributed by atoms with Crippen molar-refractivity contribution < 1.29 is 0 Å². The van der Waals surface area contributed by atoms with Gasteiger partial charge in [-0.05, 0) is 35.2 Å². The van der Waals surface area contributed by atoms with Crippen LogP contribution >= 0.6 is 11.3 Å². The molecule has 1 aromatic heterocycles. The summed E-state index contributed by atoms with van der Waals surface area (Å²) in [6.07, 6.45) is 0. The molecule has 0 spiro atoms. The van der Waals surface area contributed by atoms with Crippen molar-refractivity contribution in [3.05, 3.63) is 108 Å². The maximum atomic E-state index is 2.36. The van der Waals surface area contributed by atoms with Crippen LogP contribution in [0.1, 0.15) is 30.5 Å². The van der Waals surface area contributed by atoms with Gasteiger partial charge in [-0.3, -0.25) is 0 Å². The number of benzene rings is 4. The molecule has 1 heterocycles. The van der Waals surface area contributed by atoms with E-state index in [0.717, 1.165) is 0 Å². The van der Waals surface area contributed by atoms with Crippen LogP contribution in [0.2, 0.25) is 0 Å². The van der Waals surface area contributed by atoms with E-state index in [1.165, 1.54) is 48.0 Å². The maximum Gasteiger partial charge on any atom is 0.0402 e. The minimum Gasteiger partial charge on any atom is -0.135 e. The lowest BCUT2D eigenvalue weighted by Gasteiger charge is -2.29. The Morgan fingerprint density at radius 2 is 1.34 bits per heavy atom. The van der Waals surface area contributed by atoms with Crippen LogP contribution in [0.4, 0.5) is 0 Å². The zero-order valence-electron chi connectivity index (χ0n) is 17.1. The Morgan fingerprint density at radius 3 is 2.10 bits per heavy atom. The molecule has 1 heteroatoms. The zero-order valence-corrected chi connectivity index (χ0v) is 17.9. The molecule has 5 aromatic rings. The first-order valence-corrected chi connectivity index (χ1v) is 10.9. The highest BCUT2D eigenvalue weighted by atomic mass is 32.1. The summed E-state index contributed by atoms with van der Waals surface area (Å²) in [4.78, 5) is 0. The summed E-state index contributed by atoms with van der Waals surface area (Å²) in [5, 5.41) is 2.72. The first-order chi connectivity index (χ1) is 14.1. The second-order valence-corrected chi connectivity index (χ2v) is 9.37. The zero-order chi connectivity index (χ0) is 20.0. The third kappa shape index (κ3) is 2.97. The van der Waals surface area contributed by atoms with Crippen molar-refractivity contribution in [3.63, 3.8) is 0 Å². The van der Waals surface area contributed by atoms with Crippen LogP contribution < -0.4 is 0 Å². The van der Waals surface area contributed by atoms with Crippen LogP contribution in [0.3, 0.4) is 0 Å². The average molecular weight is 393 g/mol. The standard InChI is InChI=1S/C28H24S/c1-19-13-15-20(16-14-19)22-17-18-24-23-11-7-8-12-25(23)29-27(24)26(22)28(2,3)21-9-5-4-6-10-21/h4-18H,1-3H3. The first kappa shape index (κ1) is 18.1. The SMILES string of the molecule is Cc1ccc(-c2ccc3c(sc4ccccc43)c2C(C)(C)c2ccccc2)cc1. The van der Waals surface area contributed by atoms with Crippen LogP contribution in [-0.4, -0.2) is 0 Å². The van der Waals surface area contributed by atoms with E-state index in [1.54, 1.807) is 0 Å². The van der Waals surface area contributed by atoms with Gasteiger partial charge in [-0.25, -0.2) is 0 Å². The van der Waals surface area contributed by atoms with E-state index in [1.807, 2.05) is 11.3 Å². The molecular weight excluding hydrogens is 368 g/mol. The predicted octanol–water partition coefficient (Wildman–Crippen LogP) is 8.36. The Labute approximate surface area is 176 Å². The Morgan fingerprint density at radius 1 is 0.655 bits per heavy atom. The van der Waals surface area contributed by atoms with Gasteiger partial charge in [0.25, 0.3) is 0 Å². The Hall–Kier alpha value is -2.90. The molecule has 0 aliphatic heterocycles. The van der Waals surface area contributed by atoms with Gasteiger partial charge in [0.05, 0.1) is 0 Å². The molecule has 0 fully saturated rings. The van der Waals surface area contributed by atoms with Crippen molar-refractivity contribution in [2.24, 2.45) is 0 Å². The molecule has 0 aliphatic rings. The van der Waals surface area contributed by atoms with E-state index in [0.29, 0.717) is 0 Å². The van der Waals surface area contributed by atoms with Gasteiger partial charge in [-0.2, -0.15) is 0 Å². The van der Waals surface area contributed by atoms with Crippen LogP contribution in [0.25, 0.3) is 31.3 Å². The van der Waals surface area contributed by atoms with E-state index < -0.39 is 0 Å². The van der Waals surface area contributed by atoms with Crippen molar-refractivity contribution in [2.75, 3.05) is 0 Å². The molecule has 0 radical (unpaired) electrons. The normalized spacial score (nSPS) is 12.0. The Bertz CT molecular complexity index is 1310. The summed E-state index contributed by atoms with van der Waals surface area (Å²) in [7, 11) is 0. The molecule has 0 unspecified atom stereocenters. The molecule has 0 N–H and O–H groups in total. The Balaban J connectivity index is 1.89. The lowest BCUT2D eigenvalue weighted by atomic mass is 9.74. The van der Waals surface area contributed by atoms with Crippen molar-refractivity contribution in [2.45, 2.75) is 26.2 Å². The average Bonchev–Trinajstić information content (AvgIpc) is 3.13. The van der Waals surface area contributed by atoms with Gasteiger partial charge in [0.15, 0.2) is 0 Å². The molecule has 142 valence electrons. The van der Waals surface area contributed by atoms with Gasteiger partial charge in [0.1, 0.15) is 0 Å². The number of thiophene rings is 1. The molecule has 0 amide bonds. The van der Waals surface area contributed by atoms with Gasteiger partial charge in [0.2, 0.25) is 0 Å². The number of rotatable bonds is 3. The number of aryl methyl sites for hydroxylation is 1. The number of hydrogen-bond donors (Lipinski definition) is 0. The lowest BCUT2D eigenvalue weighted by Crippen LogP contribution is -2.20. The van der Waals surface area contributed by atoms with E-state index in [2.05, 4.69) is 112 Å². The van der Waals surface area contributed by atoms with Crippen molar-refractivity contribution in [1.82, 2.24) is 0 Å². The van der Waals surface area contributed by atoms with Gasteiger partial charge >= 0.3 is 0 Å². The highest BCUT2D eigenvalue weighted by Gasteiger charge is 2.29. The quantitative estimate of drug-likeness (QED) is 0.289. The monoisotopic (exact) mass is 392 g/mol. The molecule has 0 aliphatic carbocycles. The summed E-state index contributed by atoms with van der Waals surface area (Å²) < 4.78 is 2.76. The largest absolute Gasteiger partial charge is 0.135 e. The third-order valence-electron chi connectivity index (χ3n) is 6.03. The van der Waals surface area contributed by atoms with Crippen molar-refractivity contribution >= 4 is 31.5 Å². The predicted molar refractivity (Wildman–Crippen MR) is 128 cm³/mol. The fraction of sp³-hybridized carbons (Fsp3) is 0.143. The van der Waals surface area contributed by atoms with Crippen LogP contribution in [0.5, 0.6) is 0 Å². The van der Waals surface area contributed by atoms with E-state index in [-0.39, 0.29) is 5.41 Å². The molecule has 29 heavy (non-hydrogen) atoms. The number of hydrogen-bond acceptors (Lipinski definition) is 1. The minimum absolute atomic E-state index is 0.109. The molecule has 0 saturated carbocycles. The van der Waals surface area contributed by atoms with Gasteiger partial charge in [-0.15, -0.1) is 11.3 Å². The summed E-state index contributed by atoms with van der Waals surface area (Å²) in [6.45, 7) is 6.87. The summed E-state index contributed by atoms with van der Waals surface area (Å²) in [5.41, 5.74) is 6.57. The fourth-order valence-electron chi connectivity index (χ4n) is 4.38.